The van der Waals surface area contributed by atoms with E-state index in [0.29, 0.717) is 24.3 Å². The number of anilines is 4. The van der Waals surface area contributed by atoms with E-state index < -0.39 is 5.91 Å². The first-order valence-corrected chi connectivity index (χ1v) is 15.1. The lowest BCUT2D eigenvalue weighted by Gasteiger charge is -2.41. The second-order valence-corrected chi connectivity index (χ2v) is 11.2. The van der Waals surface area contributed by atoms with Gasteiger partial charge in [-0.15, -0.1) is 0 Å². The highest BCUT2D eigenvalue weighted by Crippen LogP contribution is 2.31. The van der Waals surface area contributed by atoms with E-state index in [9.17, 15) is 4.79 Å². The van der Waals surface area contributed by atoms with Crippen LogP contribution >= 0.6 is 0 Å². The molecular weight excluding hydrogens is 488 g/mol. The van der Waals surface area contributed by atoms with E-state index in [2.05, 4.69) is 55.9 Å². The molecule has 1 aromatic heterocycles. The Kier molecular flexibility index (Phi) is 9.19. The maximum atomic E-state index is 12.4. The number of piperidine rings is 1. The lowest BCUT2D eigenvalue weighted by molar-refractivity contribution is 0.0996. The number of rotatable bonds is 9. The molecule has 0 radical (unpaired) electrons. The third-order valence-corrected chi connectivity index (χ3v) is 8.68. The Morgan fingerprint density at radius 1 is 0.974 bits per heavy atom. The normalized spacial score (nSPS) is 19.7. The Balaban J connectivity index is 1.32. The van der Waals surface area contributed by atoms with Crippen molar-refractivity contribution in [2.24, 2.45) is 5.73 Å². The summed E-state index contributed by atoms with van der Waals surface area (Å²) in [6.07, 6.45) is 10.1. The highest BCUT2D eigenvalue weighted by Gasteiger charge is 2.27. The number of carbonyl (C=O) groups is 1. The summed E-state index contributed by atoms with van der Waals surface area (Å²) in [6, 6.07) is 7.58. The van der Waals surface area contributed by atoms with Gasteiger partial charge in [-0.1, -0.05) is 33.1 Å². The maximum absolute atomic E-state index is 12.4. The minimum Gasteiger partial charge on any atom is -0.371 e. The van der Waals surface area contributed by atoms with Crippen molar-refractivity contribution in [3.8, 4) is 0 Å². The van der Waals surface area contributed by atoms with E-state index in [1.807, 2.05) is 6.92 Å². The van der Waals surface area contributed by atoms with Crippen molar-refractivity contribution in [2.45, 2.75) is 83.7 Å². The van der Waals surface area contributed by atoms with Crippen molar-refractivity contribution in [1.29, 1.82) is 0 Å². The van der Waals surface area contributed by atoms with Gasteiger partial charge in [0.15, 0.2) is 11.5 Å². The van der Waals surface area contributed by atoms with E-state index in [4.69, 9.17) is 10.7 Å². The number of hydrogen-bond donors (Lipinski definition) is 4. The molecule has 5 rings (SSSR count). The van der Waals surface area contributed by atoms with Crippen LogP contribution < -0.4 is 26.6 Å². The number of amides is 1. The van der Waals surface area contributed by atoms with Crippen LogP contribution in [0.3, 0.4) is 0 Å². The van der Waals surface area contributed by atoms with Crippen LogP contribution in [0, 0.1) is 0 Å². The molecule has 1 aliphatic carbocycles. The number of aromatic nitrogens is 2. The number of primary amides is 1. The summed E-state index contributed by atoms with van der Waals surface area (Å²) in [5, 5.41) is 10.5. The Morgan fingerprint density at radius 2 is 1.72 bits per heavy atom. The van der Waals surface area contributed by atoms with Crippen LogP contribution in [-0.2, 0) is 12.8 Å². The standard InChI is InChI=1S/C30H46N8O/c1-3-21-20-23(10-11-26(21)38-16-12-24(13-17-38)37-18-14-32-15-19-37)34-30-27(28(31)39)35-25(4-2)29(36-30)33-22-8-6-5-7-9-22/h10-11,20,22,24,32H,3-9,12-19H2,1-2H3,(H2,31,39)(H2,33,34,36). The molecule has 9 nitrogen and oxygen atoms in total. The van der Waals surface area contributed by atoms with Gasteiger partial charge in [-0.05, 0) is 62.3 Å². The SMILES string of the molecule is CCc1cc(Nc2nc(NC3CCCCC3)c(CC)nc2C(N)=O)ccc1N1CCC(N2CCNCC2)CC1. The highest BCUT2D eigenvalue weighted by molar-refractivity contribution is 5.96. The minimum atomic E-state index is -0.566. The van der Waals surface area contributed by atoms with Gasteiger partial charge in [0.25, 0.3) is 5.91 Å². The quantitative estimate of drug-likeness (QED) is 0.381. The summed E-state index contributed by atoms with van der Waals surface area (Å²) in [7, 11) is 0. The molecular formula is C30H46N8O. The summed E-state index contributed by atoms with van der Waals surface area (Å²) in [5.74, 6) is 0.616. The predicted molar refractivity (Wildman–Crippen MR) is 159 cm³/mol. The third kappa shape index (κ3) is 6.64. The van der Waals surface area contributed by atoms with Crippen molar-refractivity contribution < 1.29 is 4.79 Å². The summed E-state index contributed by atoms with van der Waals surface area (Å²) >= 11 is 0. The van der Waals surface area contributed by atoms with Crippen molar-refractivity contribution in [2.75, 3.05) is 54.8 Å². The van der Waals surface area contributed by atoms with E-state index in [0.717, 1.165) is 62.6 Å². The summed E-state index contributed by atoms with van der Waals surface area (Å²) < 4.78 is 0. The average molecular weight is 535 g/mol. The number of benzene rings is 1. The molecule has 2 aliphatic heterocycles. The molecule has 3 aliphatic rings. The molecule has 212 valence electrons. The van der Waals surface area contributed by atoms with E-state index >= 15 is 0 Å². The number of nitrogens with two attached hydrogens (primary N) is 1. The first-order valence-electron chi connectivity index (χ1n) is 15.1. The first kappa shape index (κ1) is 27.6. The van der Waals surface area contributed by atoms with Crippen LogP contribution in [0.1, 0.15) is 80.5 Å². The van der Waals surface area contributed by atoms with Gasteiger partial charge in [0, 0.05) is 62.7 Å². The molecule has 1 amide bonds. The predicted octanol–water partition coefficient (Wildman–Crippen LogP) is 4.06. The van der Waals surface area contributed by atoms with Gasteiger partial charge in [0.05, 0.1) is 5.69 Å². The zero-order valence-electron chi connectivity index (χ0n) is 23.8. The van der Waals surface area contributed by atoms with Gasteiger partial charge in [0.1, 0.15) is 5.82 Å². The van der Waals surface area contributed by atoms with Crippen molar-refractivity contribution in [1.82, 2.24) is 20.2 Å². The molecule has 0 unspecified atom stereocenters. The molecule has 39 heavy (non-hydrogen) atoms. The van der Waals surface area contributed by atoms with Crippen LogP contribution in [-0.4, -0.2) is 72.1 Å². The molecule has 9 heteroatoms. The number of carbonyl (C=O) groups excluding carboxylic acids is 1. The van der Waals surface area contributed by atoms with Gasteiger partial charge in [0.2, 0.25) is 0 Å². The Hall–Kier alpha value is -2.91. The number of hydrogen-bond acceptors (Lipinski definition) is 8. The number of piperazine rings is 1. The van der Waals surface area contributed by atoms with E-state index in [1.165, 1.54) is 56.4 Å². The smallest absolute Gasteiger partial charge is 0.271 e. The molecule has 0 bridgehead atoms. The second-order valence-electron chi connectivity index (χ2n) is 11.2. The van der Waals surface area contributed by atoms with Crippen LogP contribution in [0.5, 0.6) is 0 Å². The fourth-order valence-corrected chi connectivity index (χ4v) is 6.44. The van der Waals surface area contributed by atoms with Crippen LogP contribution in [0.25, 0.3) is 0 Å². The minimum absolute atomic E-state index is 0.193. The maximum Gasteiger partial charge on any atom is 0.271 e. The Labute approximate surface area is 233 Å². The largest absolute Gasteiger partial charge is 0.371 e. The summed E-state index contributed by atoms with van der Waals surface area (Å²) in [5.41, 5.74) is 10.2. The highest BCUT2D eigenvalue weighted by atomic mass is 16.1. The zero-order chi connectivity index (χ0) is 27.2. The van der Waals surface area contributed by atoms with Gasteiger partial charge in [-0.3, -0.25) is 9.69 Å². The number of nitrogens with zero attached hydrogens (tertiary/aromatic N) is 4. The Bertz CT molecular complexity index is 1120. The van der Waals surface area contributed by atoms with Crippen molar-refractivity contribution in [3.63, 3.8) is 0 Å². The molecule has 1 saturated carbocycles. The average Bonchev–Trinajstić information content (AvgIpc) is 2.98. The summed E-state index contributed by atoms with van der Waals surface area (Å²) in [6.45, 7) is 10.9. The molecule has 3 heterocycles. The Morgan fingerprint density at radius 3 is 2.38 bits per heavy atom. The van der Waals surface area contributed by atoms with E-state index in [-0.39, 0.29) is 5.69 Å². The van der Waals surface area contributed by atoms with Gasteiger partial charge >= 0.3 is 0 Å². The first-order chi connectivity index (χ1) is 19.1. The fraction of sp³-hybridized carbons (Fsp3) is 0.633. The van der Waals surface area contributed by atoms with Crippen molar-refractivity contribution >= 4 is 28.9 Å². The number of nitrogens with one attached hydrogen (secondary N) is 3. The third-order valence-electron chi connectivity index (χ3n) is 8.68. The van der Waals surface area contributed by atoms with Crippen molar-refractivity contribution in [3.05, 3.63) is 35.2 Å². The lowest BCUT2D eigenvalue weighted by Crippen LogP contribution is -2.52. The van der Waals surface area contributed by atoms with Crippen LogP contribution in [0.4, 0.5) is 23.0 Å². The fourth-order valence-electron chi connectivity index (χ4n) is 6.44. The van der Waals surface area contributed by atoms with Crippen LogP contribution in [0.15, 0.2) is 18.2 Å². The summed E-state index contributed by atoms with van der Waals surface area (Å²) in [4.78, 5) is 27.1. The van der Waals surface area contributed by atoms with Gasteiger partial charge in [-0.2, -0.15) is 0 Å². The second kappa shape index (κ2) is 13.0. The molecule has 2 aromatic rings. The molecule has 2 saturated heterocycles. The monoisotopic (exact) mass is 534 g/mol. The van der Waals surface area contributed by atoms with Crippen LogP contribution in [0.2, 0.25) is 0 Å². The number of aryl methyl sites for hydroxylation is 2. The molecule has 0 atom stereocenters. The molecule has 1 aromatic carbocycles. The zero-order valence-corrected chi connectivity index (χ0v) is 23.8. The van der Waals surface area contributed by atoms with Gasteiger partial charge in [-0.25, -0.2) is 9.97 Å². The molecule has 0 spiro atoms. The van der Waals surface area contributed by atoms with E-state index in [1.54, 1.807) is 0 Å². The lowest BCUT2D eigenvalue weighted by atomic mass is 9.95. The molecule has 3 fully saturated rings. The van der Waals surface area contributed by atoms with Gasteiger partial charge < -0.3 is 26.6 Å². The molecule has 5 N–H and O–H groups in total. The topological polar surface area (TPSA) is 111 Å².